The Morgan fingerprint density at radius 1 is 0.792 bits per heavy atom. The van der Waals surface area contributed by atoms with Gasteiger partial charge in [0.15, 0.2) is 12.2 Å². The van der Waals surface area contributed by atoms with Gasteiger partial charge in [0.2, 0.25) is 12.1 Å². The molecular weight excluding hydrogens is 712 g/mol. The lowest BCUT2D eigenvalue weighted by atomic mass is 9.96. The van der Waals surface area contributed by atoms with Gasteiger partial charge in [-0.2, -0.15) is 0 Å². The average Bonchev–Trinajstić information content (AvgIpc) is 2.97. The Kier molecular flexibility index (Phi) is 17.7. The predicted molar refractivity (Wildman–Crippen MR) is 178 cm³/mol. The number of amides is 2. The van der Waals surface area contributed by atoms with Crippen LogP contribution in [0, 0.1) is 0 Å². The third-order valence-electron chi connectivity index (χ3n) is 6.12. The predicted octanol–water partition coefficient (Wildman–Crippen LogP) is 1.03. The lowest BCUT2D eigenvalue weighted by Gasteiger charge is -2.46. The first kappa shape index (κ1) is 46.1. The molecule has 21 nitrogen and oxygen atoms in total. The number of aliphatic hydroxyl groups is 1. The molecule has 0 saturated carbocycles. The van der Waals surface area contributed by atoms with Gasteiger partial charge in [0.25, 0.3) is 0 Å². The molecule has 1 rings (SSSR count). The molecule has 0 aromatic heterocycles. The highest BCUT2D eigenvalue weighted by atomic mass is 16.9. The molecule has 0 radical (unpaired) electrons. The highest BCUT2D eigenvalue weighted by Gasteiger charge is 2.62. The van der Waals surface area contributed by atoms with Crippen molar-refractivity contribution in [2.45, 2.75) is 137 Å². The number of hydrogen-bond acceptors (Lipinski definition) is 18. The van der Waals surface area contributed by atoms with E-state index in [1.807, 2.05) is 0 Å². The SMILES string of the molecule is CCOC(=O)NC(=NO[C@]1(O)O[C@H](COC(C)=O)[C@H](OC(C)=O)[C@H](OC(C)=O)[C@H]1OC(C)=O)NCCC[C@H](NC(=O)OC(C)(C)C)C(=O)OC(C)(C)C. The number of alkyl carbamates (subject to hydrolysis) is 2. The van der Waals surface area contributed by atoms with Gasteiger partial charge in [-0.3, -0.25) is 24.5 Å². The second-order valence-corrected chi connectivity index (χ2v) is 13.4. The smallest absolute Gasteiger partial charge is 0.414 e. The van der Waals surface area contributed by atoms with E-state index in [1.54, 1.807) is 41.5 Å². The van der Waals surface area contributed by atoms with Crippen LogP contribution in [-0.2, 0) is 66.7 Å². The molecule has 1 fully saturated rings. The molecule has 0 spiro atoms. The van der Waals surface area contributed by atoms with Gasteiger partial charge in [0.05, 0.1) is 6.61 Å². The number of carbonyl (C=O) groups is 7. The summed E-state index contributed by atoms with van der Waals surface area (Å²) in [5.41, 5.74) is -1.73. The zero-order valence-electron chi connectivity index (χ0n) is 31.8. The van der Waals surface area contributed by atoms with Crippen LogP contribution in [0.1, 0.15) is 89.0 Å². The van der Waals surface area contributed by atoms with Gasteiger partial charge in [-0.05, 0) is 66.5 Å². The summed E-state index contributed by atoms with van der Waals surface area (Å²) < 4.78 is 41.9. The Labute approximate surface area is 306 Å². The van der Waals surface area contributed by atoms with Crippen LogP contribution >= 0.6 is 0 Å². The minimum absolute atomic E-state index is 0.00426. The van der Waals surface area contributed by atoms with Gasteiger partial charge in [-0.1, -0.05) is 0 Å². The number of oxime groups is 1. The molecular formula is C32H52N4O17. The summed E-state index contributed by atoms with van der Waals surface area (Å²) in [6.45, 7) is 14.6. The van der Waals surface area contributed by atoms with E-state index in [2.05, 4.69) is 21.1 Å². The van der Waals surface area contributed by atoms with E-state index >= 15 is 0 Å². The second-order valence-electron chi connectivity index (χ2n) is 13.4. The standard InChI is InChI=1S/C32H52N4O17/c1-12-45-28(42)35-27(33-15-13-14-21(26(41)51-30(6,7)8)34-29(43)52-31(9,10)11)36-53-32(44)25(49-20(5)40)24(48-19(4)39)23(47-18(3)38)22(50-32)16-46-17(2)37/h21-25,44H,12-16H2,1-11H3,(H,34,43)(H2,33,35,36,42)/t21-,22+,23-,24-,25+,32+/m0/s1. The number of ether oxygens (including phenoxy) is 8. The molecule has 1 aliphatic rings. The second kappa shape index (κ2) is 20.4. The zero-order valence-corrected chi connectivity index (χ0v) is 31.8. The minimum atomic E-state index is -3.16. The van der Waals surface area contributed by atoms with Gasteiger partial charge in [0.1, 0.15) is 30.0 Å². The molecule has 4 N–H and O–H groups in total. The lowest BCUT2D eigenvalue weighted by molar-refractivity contribution is -0.448. The summed E-state index contributed by atoms with van der Waals surface area (Å²) in [5.74, 6) is -8.13. The quantitative estimate of drug-likeness (QED) is 0.0366. The van der Waals surface area contributed by atoms with E-state index in [0.29, 0.717) is 0 Å². The van der Waals surface area contributed by atoms with Crippen molar-refractivity contribution >= 4 is 48.0 Å². The Balaban J connectivity index is 3.45. The fourth-order valence-corrected chi connectivity index (χ4v) is 4.38. The van der Waals surface area contributed by atoms with Crippen LogP contribution in [0.5, 0.6) is 0 Å². The molecule has 6 atom stereocenters. The monoisotopic (exact) mass is 764 g/mol. The summed E-state index contributed by atoms with van der Waals surface area (Å²) in [6.07, 6.45) is -8.91. The largest absolute Gasteiger partial charge is 0.463 e. The van der Waals surface area contributed by atoms with Crippen molar-refractivity contribution in [3.05, 3.63) is 0 Å². The molecule has 1 aliphatic heterocycles. The third-order valence-corrected chi connectivity index (χ3v) is 6.12. The normalized spacial score (nSPS) is 22.2. The first-order valence-corrected chi connectivity index (χ1v) is 16.6. The van der Waals surface area contributed by atoms with Crippen molar-refractivity contribution in [2.24, 2.45) is 5.16 Å². The summed E-state index contributed by atoms with van der Waals surface area (Å²) in [5, 5.41) is 22.8. The average molecular weight is 765 g/mol. The Hall–Kier alpha value is -4.92. The minimum Gasteiger partial charge on any atom is -0.463 e. The first-order valence-electron chi connectivity index (χ1n) is 16.6. The van der Waals surface area contributed by atoms with Crippen LogP contribution in [0.25, 0.3) is 0 Å². The number of nitrogens with one attached hydrogen (secondary N) is 3. The lowest BCUT2D eigenvalue weighted by Crippen LogP contribution is -2.68. The van der Waals surface area contributed by atoms with Crippen molar-refractivity contribution in [3.63, 3.8) is 0 Å². The Morgan fingerprint density at radius 2 is 1.36 bits per heavy atom. The van der Waals surface area contributed by atoms with E-state index in [9.17, 15) is 38.7 Å². The number of carbonyl (C=O) groups excluding carboxylic acids is 7. The Morgan fingerprint density at radius 3 is 1.87 bits per heavy atom. The maximum Gasteiger partial charge on any atom is 0.414 e. The molecule has 2 amide bonds. The maximum absolute atomic E-state index is 12.9. The van der Waals surface area contributed by atoms with Crippen LogP contribution in [-0.4, -0.2) is 120 Å². The van der Waals surface area contributed by atoms with Gasteiger partial charge in [-0.25, -0.2) is 14.4 Å². The highest BCUT2D eigenvalue weighted by Crippen LogP contribution is 2.35. The van der Waals surface area contributed by atoms with Gasteiger partial charge >= 0.3 is 48.0 Å². The molecule has 0 bridgehead atoms. The molecule has 302 valence electrons. The van der Waals surface area contributed by atoms with Crippen molar-refractivity contribution in [1.82, 2.24) is 16.0 Å². The molecule has 1 heterocycles. The molecule has 1 saturated heterocycles. The van der Waals surface area contributed by atoms with E-state index in [-0.39, 0.29) is 26.0 Å². The number of hydrogen-bond donors (Lipinski definition) is 4. The van der Waals surface area contributed by atoms with Crippen LogP contribution in [0.3, 0.4) is 0 Å². The summed E-state index contributed by atoms with van der Waals surface area (Å²) in [4.78, 5) is 90.9. The summed E-state index contributed by atoms with van der Waals surface area (Å²) in [7, 11) is 0. The zero-order chi connectivity index (χ0) is 40.7. The first-order chi connectivity index (χ1) is 24.4. The molecule has 21 heteroatoms. The van der Waals surface area contributed by atoms with Crippen molar-refractivity contribution in [2.75, 3.05) is 19.8 Å². The van der Waals surface area contributed by atoms with Crippen LogP contribution in [0.2, 0.25) is 0 Å². The number of esters is 5. The summed E-state index contributed by atoms with van der Waals surface area (Å²) >= 11 is 0. The van der Waals surface area contributed by atoms with E-state index in [4.69, 9.17) is 42.7 Å². The van der Waals surface area contributed by atoms with Crippen LogP contribution < -0.4 is 16.0 Å². The third kappa shape index (κ3) is 17.9. The van der Waals surface area contributed by atoms with Crippen molar-refractivity contribution in [3.8, 4) is 0 Å². The molecule has 0 aromatic rings. The molecule has 0 unspecified atom stereocenters. The van der Waals surface area contributed by atoms with Crippen LogP contribution in [0.15, 0.2) is 5.16 Å². The number of rotatable bonds is 14. The van der Waals surface area contributed by atoms with Crippen molar-refractivity contribution < 1.29 is 81.4 Å². The fraction of sp³-hybridized carbons (Fsp3) is 0.750. The van der Waals surface area contributed by atoms with Gasteiger partial charge in [0, 0.05) is 34.2 Å². The van der Waals surface area contributed by atoms with Crippen molar-refractivity contribution in [1.29, 1.82) is 0 Å². The van der Waals surface area contributed by atoms with Gasteiger partial charge in [-0.15, -0.1) is 0 Å². The molecule has 53 heavy (non-hydrogen) atoms. The summed E-state index contributed by atoms with van der Waals surface area (Å²) in [6, 6.07) is -1.15. The Bertz CT molecular complexity index is 1340. The van der Waals surface area contributed by atoms with E-state index in [0.717, 1.165) is 27.7 Å². The fourth-order valence-electron chi connectivity index (χ4n) is 4.38. The molecule has 0 aromatic carbocycles. The van der Waals surface area contributed by atoms with E-state index < -0.39 is 102 Å². The topological polar surface area (TPSA) is 271 Å². The number of nitrogens with zero attached hydrogens (tertiary/aromatic N) is 1. The number of guanidine groups is 1. The maximum atomic E-state index is 12.9. The van der Waals surface area contributed by atoms with Gasteiger partial charge < -0.3 is 58.5 Å². The molecule has 0 aliphatic carbocycles. The van der Waals surface area contributed by atoms with Crippen LogP contribution in [0.4, 0.5) is 9.59 Å². The highest BCUT2D eigenvalue weighted by molar-refractivity contribution is 5.93. The van der Waals surface area contributed by atoms with E-state index in [1.165, 1.54) is 6.92 Å².